The molecule has 0 bridgehead atoms. The SMILES string of the molecule is CCCNc1cc(C(=O)Nc2cnccn2)cc(C)n1. The van der Waals surface area contributed by atoms with E-state index in [0.717, 1.165) is 18.7 Å². The third-order valence-electron chi connectivity index (χ3n) is 2.58. The van der Waals surface area contributed by atoms with Crippen molar-refractivity contribution in [2.45, 2.75) is 20.3 Å². The number of rotatable bonds is 5. The minimum atomic E-state index is -0.226. The van der Waals surface area contributed by atoms with Gasteiger partial charge in [-0.1, -0.05) is 6.92 Å². The van der Waals surface area contributed by atoms with Crippen LogP contribution in [0.3, 0.4) is 0 Å². The third-order valence-corrected chi connectivity index (χ3v) is 2.58. The van der Waals surface area contributed by atoms with Gasteiger partial charge in [0.15, 0.2) is 5.82 Å². The number of anilines is 2. The van der Waals surface area contributed by atoms with Gasteiger partial charge in [-0.05, 0) is 25.5 Å². The zero-order chi connectivity index (χ0) is 14.4. The topological polar surface area (TPSA) is 79.8 Å². The van der Waals surface area contributed by atoms with Gasteiger partial charge in [0.05, 0.1) is 6.20 Å². The summed E-state index contributed by atoms with van der Waals surface area (Å²) in [7, 11) is 0. The summed E-state index contributed by atoms with van der Waals surface area (Å²) in [5, 5.41) is 5.88. The van der Waals surface area contributed by atoms with Crippen LogP contribution < -0.4 is 10.6 Å². The normalized spacial score (nSPS) is 10.1. The Hall–Kier alpha value is -2.50. The second kappa shape index (κ2) is 6.60. The number of amides is 1. The zero-order valence-corrected chi connectivity index (χ0v) is 11.6. The number of nitrogens with one attached hydrogen (secondary N) is 2. The number of hydrogen-bond acceptors (Lipinski definition) is 5. The smallest absolute Gasteiger partial charge is 0.257 e. The van der Waals surface area contributed by atoms with Crippen LogP contribution in [0.25, 0.3) is 0 Å². The van der Waals surface area contributed by atoms with Crippen LogP contribution in [0.15, 0.2) is 30.7 Å². The van der Waals surface area contributed by atoms with E-state index in [0.29, 0.717) is 17.2 Å². The molecule has 0 aromatic carbocycles. The predicted molar refractivity (Wildman–Crippen MR) is 77.7 cm³/mol. The maximum absolute atomic E-state index is 12.2. The lowest BCUT2D eigenvalue weighted by molar-refractivity contribution is 0.102. The highest BCUT2D eigenvalue weighted by molar-refractivity contribution is 6.04. The minimum absolute atomic E-state index is 0.226. The molecule has 0 aliphatic carbocycles. The van der Waals surface area contributed by atoms with E-state index in [9.17, 15) is 4.79 Å². The summed E-state index contributed by atoms with van der Waals surface area (Å²) in [6.45, 7) is 4.75. The van der Waals surface area contributed by atoms with Crippen molar-refractivity contribution in [3.63, 3.8) is 0 Å². The highest BCUT2D eigenvalue weighted by atomic mass is 16.1. The lowest BCUT2D eigenvalue weighted by Gasteiger charge is -2.08. The van der Waals surface area contributed by atoms with E-state index in [1.54, 1.807) is 18.3 Å². The Balaban J connectivity index is 2.15. The fraction of sp³-hybridized carbons (Fsp3) is 0.286. The van der Waals surface area contributed by atoms with E-state index >= 15 is 0 Å². The van der Waals surface area contributed by atoms with Gasteiger partial charge in [-0.2, -0.15) is 0 Å². The lowest BCUT2D eigenvalue weighted by atomic mass is 10.2. The first-order valence-electron chi connectivity index (χ1n) is 6.49. The van der Waals surface area contributed by atoms with E-state index in [4.69, 9.17) is 0 Å². The number of nitrogens with zero attached hydrogens (tertiary/aromatic N) is 3. The van der Waals surface area contributed by atoms with Crippen LogP contribution in [-0.4, -0.2) is 27.4 Å². The molecule has 20 heavy (non-hydrogen) atoms. The number of carbonyl (C=O) groups excluding carboxylic acids is 1. The molecular formula is C14H17N5O. The van der Waals surface area contributed by atoms with Gasteiger partial charge in [-0.25, -0.2) is 9.97 Å². The van der Waals surface area contributed by atoms with Crippen molar-refractivity contribution in [3.05, 3.63) is 42.0 Å². The van der Waals surface area contributed by atoms with E-state index in [1.807, 2.05) is 6.92 Å². The van der Waals surface area contributed by atoms with E-state index in [2.05, 4.69) is 32.5 Å². The van der Waals surface area contributed by atoms with Crippen molar-refractivity contribution in [3.8, 4) is 0 Å². The average molecular weight is 271 g/mol. The third kappa shape index (κ3) is 3.74. The van der Waals surface area contributed by atoms with Crippen LogP contribution in [0.4, 0.5) is 11.6 Å². The molecule has 1 amide bonds. The number of hydrogen-bond donors (Lipinski definition) is 2. The summed E-state index contributed by atoms with van der Waals surface area (Å²) in [6, 6.07) is 3.47. The summed E-state index contributed by atoms with van der Waals surface area (Å²) in [6.07, 6.45) is 5.58. The van der Waals surface area contributed by atoms with E-state index in [-0.39, 0.29) is 5.91 Å². The first-order valence-corrected chi connectivity index (χ1v) is 6.49. The molecule has 2 heterocycles. The molecule has 2 aromatic rings. The van der Waals surface area contributed by atoms with Crippen molar-refractivity contribution in [1.29, 1.82) is 0 Å². The molecule has 0 radical (unpaired) electrons. The summed E-state index contributed by atoms with van der Waals surface area (Å²) in [4.78, 5) is 24.4. The molecule has 6 heteroatoms. The van der Waals surface area contributed by atoms with Gasteiger partial charge in [-0.3, -0.25) is 9.78 Å². The van der Waals surface area contributed by atoms with Crippen LogP contribution in [0.5, 0.6) is 0 Å². The fourth-order valence-electron chi connectivity index (χ4n) is 1.70. The van der Waals surface area contributed by atoms with Gasteiger partial charge in [0, 0.05) is 30.2 Å². The highest BCUT2D eigenvalue weighted by Crippen LogP contribution is 2.12. The summed E-state index contributed by atoms with van der Waals surface area (Å²) in [5.41, 5.74) is 1.33. The monoisotopic (exact) mass is 271 g/mol. The van der Waals surface area contributed by atoms with Crippen molar-refractivity contribution in [1.82, 2.24) is 15.0 Å². The first kappa shape index (κ1) is 13.9. The molecule has 2 rings (SSSR count). The Bertz CT molecular complexity index is 585. The number of aryl methyl sites for hydroxylation is 1. The van der Waals surface area contributed by atoms with Gasteiger partial charge in [0.1, 0.15) is 5.82 Å². The largest absolute Gasteiger partial charge is 0.370 e. The van der Waals surface area contributed by atoms with Gasteiger partial charge >= 0.3 is 0 Å². The Labute approximate surface area is 117 Å². The quantitative estimate of drug-likeness (QED) is 0.872. The predicted octanol–water partition coefficient (Wildman–Crippen LogP) is 2.25. The summed E-state index contributed by atoms with van der Waals surface area (Å²) >= 11 is 0. The molecule has 0 fully saturated rings. The second-order valence-electron chi connectivity index (χ2n) is 4.35. The molecule has 0 atom stereocenters. The van der Waals surface area contributed by atoms with Crippen molar-refractivity contribution in [2.24, 2.45) is 0 Å². The van der Waals surface area contributed by atoms with E-state index in [1.165, 1.54) is 12.4 Å². The standard InChI is InChI=1S/C14H17N5O/c1-3-4-16-12-8-11(7-10(2)18-12)14(20)19-13-9-15-5-6-17-13/h5-9H,3-4H2,1-2H3,(H,16,18)(H,17,19,20). The molecule has 0 spiro atoms. The summed E-state index contributed by atoms with van der Waals surface area (Å²) < 4.78 is 0. The Morgan fingerprint density at radius 2 is 2.10 bits per heavy atom. The molecule has 2 N–H and O–H groups in total. The first-order chi connectivity index (χ1) is 9.69. The molecule has 0 aliphatic rings. The molecule has 2 aromatic heterocycles. The van der Waals surface area contributed by atoms with Crippen LogP contribution in [0.1, 0.15) is 29.4 Å². The minimum Gasteiger partial charge on any atom is -0.370 e. The maximum Gasteiger partial charge on any atom is 0.257 e. The molecule has 0 saturated heterocycles. The molecule has 0 saturated carbocycles. The highest BCUT2D eigenvalue weighted by Gasteiger charge is 2.09. The van der Waals surface area contributed by atoms with Gasteiger partial charge < -0.3 is 10.6 Å². The van der Waals surface area contributed by atoms with Crippen LogP contribution >= 0.6 is 0 Å². The van der Waals surface area contributed by atoms with Crippen LogP contribution in [-0.2, 0) is 0 Å². The zero-order valence-electron chi connectivity index (χ0n) is 11.6. The maximum atomic E-state index is 12.2. The van der Waals surface area contributed by atoms with Crippen molar-refractivity contribution >= 4 is 17.5 Å². The van der Waals surface area contributed by atoms with Crippen LogP contribution in [0, 0.1) is 6.92 Å². The molecule has 0 unspecified atom stereocenters. The lowest BCUT2D eigenvalue weighted by Crippen LogP contribution is -2.14. The van der Waals surface area contributed by atoms with Gasteiger partial charge in [0.2, 0.25) is 0 Å². The molecule has 6 nitrogen and oxygen atoms in total. The Morgan fingerprint density at radius 3 is 2.80 bits per heavy atom. The van der Waals surface area contributed by atoms with Crippen LogP contribution in [0.2, 0.25) is 0 Å². The van der Waals surface area contributed by atoms with Gasteiger partial charge in [-0.15, -0.1) is 0 Å². The number of pyridine rings is 1. The fourth-order valence-corrected chi connectivity index (χ4v) is 1.70. The molecule has 0 aliphatic heterocycles. The Kier molecular flexibility index (Phi) is 4.60. The van der Waals surface area contributed by atoms with Crippen molar-refractivity contribution in [2.75, 3.05) is 17.2 Å². The van der Waals surface area contributed by atoms with Gasteiger partial charge in [0.25, 0.3) is 5.91 Å². The molecular weight excluding hydrogens is 254 g/mol. The second-order valence-corrected chi connectivity index (χ2v) is 4.35. The number of carbonyl (C=O) groups is 1. The molecule has 104 valence electrons. The number of aromatic nitrogens is 3. The summed E-state index contributed by atoms with van der Waals surface area (Å²) in [5.74, 6) is 0.904. The van der Waals surface area contributed by atoms with Crippen molar-refractivity contribution < 1.29 is 4.79 Å². The van der Waals surface area contributed by atoms with E-state index < -0.39 is 0 Å². The average Bonchev–Trinajstić information content (AvgIpc) is 2.45. The Morgan fingerprint density at radius 1 is 1.25 bits per heavy atom.